The number of rotatable bonds is 6. The molecule has 4 nitrogen and oxygen atoms in total. The number of nitrogens with zero attached hydrogens (tertiary/aromatic N) is 1. The van der Waals surface area contributed by atoms with Crippen molar-refractivity contribution < 1.29 is 14.9 Å². The molecule has 0 saturated heterocycles. The van der Waals surface area contributed by atoms with Crippen molar-refractivity contribution in [2.75, 3.05) is 6.54 Å². The molecule has 0 aliphatic rings. The average molecular weight is 203 g/mol. The Morgan fingerprint density at radius 3 is 2.29 bits per heavy atom. The molecule has 0 unspecified atom stereocenters. The molecule has 0 bridgehead atoms. The Morgan fingerprint density at radius 2 is 1.93 bits per heavy atom. The number of ether oxygens (including phenoxy) is 1. The van der Waals surface area contributed by atoms with Crippen LogP contribution in [0.25, 0.3) is 0 Å². The Labute approximate surface area is 85.6 Å². The van der Waals surface area contributed by atoms with Gasteiger partial charge in [0.15, 0.2) is 6.29 Å². The minimum atomic E-state index is -1.44. The first kappa shape index (κ1) is 13.5. The molecule has 0 aromatic rings. The third kappa shape index (κ3) is 6.07. The minimum Gasteiger partial charge on any atom is -0.370 e. The molecule has 4 heteroatoms. The summed E-state index contributed by atoms with van der Waals surface area (Å²) in [6, 6.07) is 0. The molecule has 0 aromatic heterocycles. The van der Waals surface area contributed by atoms with Gasteiger partial charge >= 0.3 is 0 Å². The Balaban J connectivity index is 4.16. The third-order valence-electron chi connectivity index (χ3n) is 1.70. The van der Waals surface area contributed by atoms with E-state index < -0.39 is 12.4 Å². The smallest absolute Gasteiger partial charge is 0.178 e. The molecule has 1 atom stereocenters. The van der Waals surface area contributed by atoms with Crippen molar-refractivity contribution in [3.05, 3.63) is 0 Å². The Kier molecular flexibility index (Phi) is 6.70. The summed E-state index contributed by atoms with van der Waals surface area (Å²) in [6.07, 6.45) is -1.58. The van der Waals surface area contributed by atoms with Crippen LogP contribution in [0, 0.1) is 0 Å². The van der Waals surface area contributed by atoms with Crippen LogP contribution >= 0.6 is 0 Å². The van der Waals surface area contributed by atoms with Crippen LogP contribution in [-0.4, -0.2) is 41.0 Å². The largest absolute Gasteiger partial charge is 0.370 e. The number of aliphatic hydroxyl groups is 2. The van der Waals surface area contributed by atoms with Crippen molar-refractivity contribution in [1.29, 1.82) is 0 Å². The maximum atomic E-state index is 9.05. The lowest BCUT2D eigenvalue weighted by molar-refractivity contribution is -0.155. The van der Waals surface area contributed by atoms with Crippen LogP contribution in [0.4, 0.5) is 0 Å². The Morgan fingerprint density at radius 1 is 1.36 bits per heavy atom. The van der Waals surface area contributed by atoms with Crippen molar-refractivity contribution >= 4 is 5.71 Å². The highest BCUT2D eigenvalue weighted by molar-refractivity contribution is 5.82. The highest BCUT2D eigenvalue weighted by Gasteiger charge is 2.19. The van der Waals surface area contributed by atoms with Gasteiger partial charge < -0.3 is 14.9 Å². The molecule has 0 heterocycles. The van der Waals surface area contributed by atoms with Crippen LogP contribution in [0.1, 0.15) is 34.1 Å². The molecule has 14 heavy (non-hydrogen) atoms. The molecule has 0 aliphatic carbocycles. The minimum absolute atomic E-state index is 0.0174. The zero-order chi connectivity index (χ0) is 11.1. The van der Waals surface area contributed by atoms with E-state index in [1.165, 1.54) is 0 Å². The van der Waals surface area contributed by atoms with Crippen LogP contribution in [0.5, 0.6) is 0 Å². The van der Waals surface area contributed by atoms with Gasteiger partial charge in [0, 0.05) is 18.7 Å². The van der Waals surface area contributed by atoms with Crippen LogP contribution in [-0.2, 0) is 4.74 Å². The normalized spacial score (nSPS) is 15.3. The summed E-state index contributed by atoms with van der Waals surface area (Å²) in [7, 11) is 0. The second-order valence-electron chi connectivity index (χ2n) is 3.55. The highest BCUT2D eigenvalue weighted by Crippen LogP contribution is 2.07. The Bertz CT molecular complexity index is 178. The zero-order valence-corrected chi connectivity index (χ0v) is 9.40. The van der Waals surface area contributed by atoms with E-state index in [2.05, 4.69) is 4.99 Å². The van der Waals surface area contributed by atoms with Gasteiger partial charge in [-0.25, -0.2) is 0 Å². The first-order valence-electron chi connectivity index (χ1n) is 4.98. The lowest BCUT2D eigenvalue weighted by Crippen LogP contribution is -2.32. The van der Waals surface area contributed by atoms with Crippen LogP contribution in [0.2, 0.25) is 0 Å². The molecule has 2 N–H and O–H groups in total. The maximum absolute atomic E-state index is 9.05. The predicted molar refractivity (Wildman–Crippen MR) is 56.5 cm³/mol. The molecule has 0 aliphatic heterocycles. The molecule has 0 spiro atoms. The van der Waals surface area contributed by atoms with Crippen molar-refractivity contribution in [2.45, 2.75) is 52.6 Å². The van der Waals surface area contributed by atoms with E-state index in [0.717, 1.165) is 5.71 Å². The maximum Gasteiger partial charge on any atom is 0.178 e. The van der Waals surface area contributed by atoms with Gasteiger partial charge in [-0.3, -0.25) is 4.99 Å². The van der Waals surface area contributed by atoms with Crippen LogP contribution < -0.4 is 0 Å². The van der Waals surface area contributed by atoms with Crippen molar-refractivity contribution in [1.82, 2.24) is 0 Å². The quantitative estimate of drug-likeness (QED) is 0.499. The van der Waals surface area contributed by atoms with Gasteiger partial charge in [-0.05, 0) is 27.7 Å². The SMILES string of the molecule is CC/N=C(/C)C[C@H](OC(C)C)C(O)O. The standard InChI is InChI=1S/C10H21NO3/c1-5-11-8(4)6-9(10(12)13)14-7(2)3/h7,9-10,12-13H,5-6H2,1-4H3/b11-8-/t9-/m0/s1. The lowest BCUT2D eigenvalue weighted by atomic mass is 10.1. The molecule has 0 aromatic carbocycles. The fourth-order valence-corrected chi connectivity index (χ4v) is 1.20. The number of hydrogen-bond acceptors (Lipinski definition) is 4. The number of hydrogen-bond donors (Lipinski definition) is 2. The summed E-state index contributed by atoms with van der Waals surface area (Å²) in [5.74, 6) is 0. The summed E-state index contributed by atoms with van der Waals surface area (Å²) >= 11 is 0. The molecule has 0 saturated carbocycles. The van der Waals surface area contributed by atoms with Gasteiger partial charge in [-0.15, -0.1) is 0 Å². The fraction of sp³-hybridized carbons (Fsp3) is 0.900. The molecular formula is C10H21NO3. The van der Waals surface area contributed by atoms with E-state index in [1.54, 1.807) is 0 Å². The molecule has 0 fully saturated rings. The van der Waals surface area contributed by atoms with E-state index >= 15 is 0 Å². The number of aliphatic hydroxyl groups excluding tert-OH is 1. The zero-order valence-electron chi connectivity index (χ0n) is 9.40. The molecule has 0 amide bonds. The molecule has 0 radical (unpaired) electrons. The van der Waals surface area contributed by atoms with Crippen LogP contribution in [0.3, 0.4) is 0 Å². The summed E-state index contributed by atoms with van der Waals surface area (Å²) < 4.78 is 5.35. The van der Waals surface area contributed by atoms with Crippen molar-refractivity contribution in [2.24, 2.45) is 4.99 Å². The first-order chi connectivity index (χ1) is 6.47. The van der Waals surface area contributed by atoms with Gasteiger partial charge in [-0.2, -0.15) is 0 Å². The highest BCUT2D eigenvalue weighted by atomic mass is 16.6. The summed E-state index contributed by atoms with van der Waals surface area (Å²) in [4.78, 5) is 4.17. The van der Waals surface area contributed by atoms with E-state index in [-0.39, 0.29) is 6.10 Å². The van der Waals surface area contributed by atoms with E-state index in [9.17, 15) is 0 Å². The summed E-state index contributed by atoms with van der Waals surface area (Å²) in [5, 5.41) is 18.1. The third-order valence-corrected chi connectivity index (χ3v) is 1.70. The topological polar surface area (TPSA) is 62.0 Å². The number of aliphatic imine (C=N–C) groups is 1. The lowest BCUT2D eigenvalue weighted by Gasteiger charge is -2.21. The molecular weight excluding hydrogens is 182 g/mol. The fourth-order valence-electron chi connectivity index (χ4n) is 1.20. The molecule has 0 rings (SSSR count). The van der Waals surface area contributed by atoms with Gasteiger partial charge in [0.1, 0.15) is 6.10 Å². The van der Waals surface area contributed by atoms with Gasteiger partial charge in [0.05, 0.1) is 6.10 Å². The summed E-state index contributed by atoms with van der Waals surface area (Å²) in [6.45, 7) is 8.24. The van der Waals surface area contributed by atoms with Crippen molar-refractivity contribution in [3.8, 4) is 0 Å². The van der Waals surface area contributed by atoms with E-state index in [0.29, 0.717) is 13.0 Å². The van der Waals surface area contributed by atoms with Gasteiger partial charge in [-0.1, -0.05) is 0 Å². The second kappa shape index (κ2) is 6.92. The van der Waals surface area contributed by atoms with E-state index in [1.807, 2.05) is 27.7 Å². The van der Waals surface area contributed by atoms with Gasteiger partial charge in [0.25, 0.3) is 0 Å². The van der Waals surface area contributed by atoms with Crippen molar-refractivity contribution in [3.63, 3.8) is 0 Å². The first-order valence-corrected chi connectivity index (χ1v) is 4.98. The molecule has 84 valence electrons. The second-order valence-corrected chi connectivity index (χ2v) is 3.55. The van der Waals surface area contributed by atoms with Gasteiger partial charge in [0.2, 0.25) is 0 Å². The van der Waals surface area contributed by atoms with E-state index in [4.69, 9.17) is 14.9 Å². The Hall–Kier alpha value is -0.450. The van der Waals surface area contributed by atoms with Crippen LogP contribution in [0.15, 0.2) is 4.99 Å². The monoisotopic (exact) mass is 203 g/mol. The predicted octanol–water partition coefficient (Wildman–Crippen LogP) is 0.962. The summed E-state index contributed by atoms with van der Waals surface area (Å²) in [5.41, 5.74) is 0.881. The average Bonchev–Trinajstić information content (AvgIpc) is 2.02.